The van der Waals surface area contributed by atoms with E-state index in [1.165, 1.54) is 25.8 Å². The second-order valence-corrected chi connectivity index (χ2v) is 3.17. The first-order chi connectivity index (χ1) is 5.84. The predicted molar refractivity (Wildman–Crippen MR) is 55.5 cm³/mol. The number of hydrogen-bond acceptors (Lipinski definition) is 2. The van der Waals surface area contributed by atoms with E-state index in [0.29, 0.717) is 0 Å². The first-order valence-electron chi connectivity index (χ1n) is 5.19. The van der Waals surface area contributed by atoms with Crippen molar-refractivity contribution in [3.05, 3.63) is 0 Å². The molecule has 1 atom stereocenters. The Morgan fingerprint density at radius 3 is 2.50 bits per heavy atom. The highest BCUT2D eigenvalue weighted by Gasteiger charge is 2.19. The molecule has 0 bridgehead atoms. The number of likely N-dealkylation sites (tertiary alicyclic amines) is 1. The Morgan fingerprint density at radius 1 is 1.42 bits per heavy atom. The van der Waals surface area contributed by atoms with Gasteiger partial charge in [0.25, 0.3) is 0 Å². The number of nitrogens with one attached hydrogen (secondary N) is 1. The zero-order valence-electron chi connectivity index (χ0n) is 9.06. The van der Waals surface area contributed by atoms with Crippen LogP contribution in [0, 0.1) is 0 Å². The molecule has 0 aromatic rings. The summed E-state index contributed by atoms with van der Waals surface area (Å²) in [5, 5.41) is 3.19. The van der Waals surface area contributed by atoms with Crippen LogP contribution >= 0.6 is 0 Å². The lowest BCUT2D eigenvalue weighted by Gasteiger charge is -2.18. The quantitative estimate of drug-likeness (QED) is 0.697. The minimum absolute atomic E-state index is 0.854. The third kappa shape index (κ3) is 4.07. The molecule has 0 aromatic heterocycles. The van der Waals surface area contributed by atoms with E-state index >= 15 is 0 Å². The maximum atomic E-state index is 3.19. The van der Waals surface area contributed by atoms with Gasteiger partial charge in [-0.15, -0.1) is 0 Å². The first kappa shape index (κ1) is 11.9. The van der Waals surface area contributed by atoms with Gasteiger partial charge in [0.15, 0.2) is 0 Å². The van der Waals surface area contributed by atoms with Crippen LogP contribution in [0.25, 0.3) is 0 Å². The third-order valence-corrected chi connectivity index (χ3v) is 2.40. The first-order valence-corrected chi connectivity index (χ1v) is 5.19. The Morgan fingerprint density at radius 2 is 2.08 bits per heavy atom. The summed E-state index contributed by atoms with van der Waals surface area (Å²) in [6.45, 7) is 6.46. The van der Waals surface area contributed by atoms with Crippen LogP contribution in [0.1, 0.15) is 33.1 Å². The third-order valence-electron chi connectivity index (χ3n) is 2.40. The molecule has 1 saturated heterocycles. The van der Waals surface area contributed by atoms with Crippen LogP contribution in [-0.4, -0.2) is 38.1 Å². The Kier molecular flexibility index (Phi) is 7.51. The molecule has 1 N–H and O–H groups in total. The van der Waals surface area contributed by atoms with E-state index in [0.717, 1.165) is 12.6 Å². The maximum absolute atomic E-state index is 3.19. The molecular formula is C10H24N2. The fourth-order valence-electron chi connectivity index (χ4n) is 1.65. The van der Waals surface area contributed by atoms with Gasteiger partial charge in [0, 0.05) is 6.04 Å². The standard InChI is InChI=1S/C8H18N2.C2H6/c1-9-6-5-8-4-3-7-10(8)2;1-2/h8-9H,3-7H2,1-2H3;1-2H3. The minimum Gasteiger partial charge on any atom is -0.320 e. The van der Waals surface area contributed by atoms with E-state index in [4.69, 9.17) is 0 Å². The monoisotopic (exact) mass is 172 g/mol. The van der Waals surface area contributed by atoms with Gasteiger partial charge in [0.05, 0.1) is 0 Å². The van der Waals surface area contributed by atoms with Gasteiger partial charge < -0.3 is 10.2 Å². The second kappa shape index (κ2) is 7.56. The van der Waals surface area contributed by atoms with Crippen LogP contribution in [0.15, 0.2) is 0 Å². The molecule has 1 rings (SSSR count). The van der Waals surface area contributed by atoms with Crippen molar-refractivity contribution >= 4 is 0 Å². The van der Waals surface area contributed by atoms with Crippen LogP contribution in [0.2, 0.25) is 0 Å². The highest BCUT2D eigenvalue weighted by molar-refractivity contribution is 4.76. The summed E-state index contributed by atoms with van der Waals surface area (Å²) in [4.78, 5) is 2.47. The van der Waals surface area contributed by atoms with Crippen molar-refractivity contribution in [3.63, 3.8) is 0 Å². The molecular weight excluding hydrogens is 148 g/mol. The molecule has 74 valence electrons. The number of hydrogen-bond donors (Lipinski definition) is 1. The van der Waals surface area contributed by atoms with E-state index in [-0.39, 0.29) is 0 Å². The highest BCUT2D eigenvalue weighted by atomic mass is 15.1. The molecule has 0 aliphatic carbocycles. The van der Waals surface area contributed by atoms with Gasteiger partial charge in [0.1, 0.15) is 0 Å². The summed E-state index contributed by atoms with van der Waals surface area (Å²) in [5.41, 5.74) is 0. The molecule has 2 nitrogen and oxygen atoms in total. The molecule has 1 heterocycles. The Labute approximate surface area is 77.3 Å². The van der Waals surface area contributed by atoms with Gasteiger partial charge in [0.2, 0.25) is 0 Å². The van der Waals surface area contributed by atoms with Crippen molar-refractivity contribution in [2.75, 3.05) is 27.2 Å². The van der Waals surface area contributed by atoms with Crippen LogP contribution in [0.3, 0.4) is 0 Å². The molecule has 0 spiro atoms. The summed E-state index contributed by atoms with van der Waals surface area (Å²) in [6.07, 6.45) is 4.11. The summed E-state index contributed by atoms with van der Waals surface area (Å²) in [7, 11) is 4.25. The molecule has 1 aliphatic rings. The normalized spacial score (nSPS) is 23.5. The van der Waals surface area contributed by atoms with Gasteiger partial charge in [-0.1, -0.05) is 13.8 Å². The molecule has 0 radical (unpaired) electrons. The van der Waals surface area contributed by atoms with E-state index in [1.807, 2.05) is 20.9 Å². The van der Waals surface area contributed by atoms with E-state index in [9.17, 15) is 0 Å². The molecule has 2 heteroatoms. The molecule has 0 amide bonds. The number of nitrogens with zero attached hydrogens (tertiary/aromatic N) is 1. The molecule has 0 saturated carbocycles. The van der Waals surface area contributed by atoms with Gasteiger partial charge in [-0.3, -0.25) is 0 Å². The van der Waals surface area contributed by atoms with Gasteiger partial charge in [-0.2, -0.15) is 0 Å². The lowest BCUT2D eigenvalue weighted by atomic mass is 10.1. The smallest absolute Gasteiger partial charge is 0.0105 e. The summed E-state index contributed by atoms with van der Waals surface area (Å²) in [6, 6.07) is 0.854. The average Bonchev–Trinajstić information content (AvgIpc) is 2.51. The van der Waals surface area contributed by atoms with Crippen molar-refractivity contribution in [1.29, 1.82) is 0 Å². The van der Waals surface area contributed by atoms with E-state index < -0.39 is 0 Å². The van der Waals surface area contributed by atoms with Crippen LogP contribution in [0.5, 0.6) is 0 Å². The van der Waals surface area contributed by atoms with Crippen molar-refractivity contribution < 1.29 is 0 Å². The predicted octanol–water partition coefficient (Wildman–Crippen LogP) is 1.72. The fourth-order valence-corrected chi connectivity index (χ4v) is 1.65. The molecule has 1 aliphatic heterocycles. The largest absolute Gasteiger partial charge is 0.320 e. The number of rotatable bonds is 3. The van der Waals surface area contributed by atoms with Gasteiger partial charge in [-0.05, 0) is 46.4 Å². The zero-order chi connectivity index (χ0) is 9.40. The fraction of sp³-hybridized carbons (Fsp3) is 1.00. The molecule has 1 unspecified atom stereocenters. The van der Waals surface area contributed by atoms with Crippen molar-refractivity contribution in [2.45, 2.75) is 39.2 Å². The lowest BCUT2D eigenvalue weighted by molar-refractivity contribution is 0.295. The summed E-state index contributed by atoms with van der Waals surface area (Å²) >= 11 is 0. The summed E-state index contributed by atoms with van der Waals surface area (Å²) in [5.74, 6) is 0. The van der Waals surface area contributed by atoms with E-state index in [1.54, 1.807) is 0 Å². The van der Waals surface area contributed by atoms with Crippen molar-refractivity contribution in [1.82, 2.24) is 10.2 Å². The Hall–Kier alpha value is -0.0800. The Bertz CT molecular complexity index is 93.8. The maximum Gasteiger partial charge on any atom is 0.0105 e. The van der Waals surface area contributed by atoms with Crippen molar-refractivity contribution in [2.24, 2.45) is 0 Å². The summed E-state index contributed by atoms with van der Waals surface area (Å²) < 4.78 is 0. The average molecular weight is 172 g/mol. The van der Waals surface area contributed by atoms with Crippen molar-refractivity contribution in [3.8, 4) is 0 Å². The SMILES string of the molecule is CC.CNCCC1CCCN1C. The van der Waals surface area contributed by atoms with Crippen LogP contribution < -0.4 is 5.32 Å². The topological polar surface area (TPSA) is 15.3 Å². The highest BCUT2D eigenvalue weighted by Crippen LogP contribution is 2.16. The van der Waals surface area contributed by atoms with Gasteiger partial charge >= 0.3 is 0 Å². The molecule has 1 fully saturated rings. The minimum atomic E-state index is 0.854. The molecule has 12 heavy (non-hydrogen) atoms. The lowest BCUT2D eigenvalue weighted by Crippen LogP contribution is -2.27. The van der Waals surface area contributed by atoms with Crippen LogP contribution in [0.4, 0.5) is 0 Å². The van der Waals surface area contributed by atoms with Gasteiger partial charge in [-0.25, -0.2) is 0 Å². The van der Waals surface area contributed by atoms with E-state index in [2.05, 4.69) is 17.3 Å². The van der Waals surface area contributed by atoms with Crippen LogP contribution in [-0.2, 0) is 0 Å². The molecule has 0 aromatic carbocycles. The Balaban J connectivity index is 0.000000561. The second-order valence-electron chi connectivity index (χ2n) is 3.17. The zero-order valence-corrected chi connectivity index (χ0v) is 9.06.